The Morgan fingerprint density at radius 1 is 0.438 bits per heavy atom. The summed E-state index contributed by atoms with van der Waals surface area (Å²) in [5, 5.41) is 32.6. The molecule has 0 unspecified atom stereocenters. The van der Waals surface area contributed by atoms with Crippen molar-refractivity contribution in [2.75, 3.05) is 38.2 Å². The van der Waals surface area contributed by atoms with Crippen LogP contribution in [0.2, 0.25) is 0 Å². The van der Waals surface area contributed by atoms with Gasteiger partial charge < -0.3 is 56.1 Å². The third kappa shape index (κ3) is 22.0. The number of anilines is 2. The minimum atomic E-state index is -3.61. The number of pyridine rings is 3. The number of hydrogen-bond donors (Lipinski definition) is 6. The molecule has 0 aliphatic carbocycles. The molecule has 3 aliphatic rings. The number of carbonyl (C=O) groups excluding carboxylic acids is 6. The third-order valence-corrected chi connectivity index (χ3v) is 19.3. The number of aromatic nitrogens is 9. The average molecular weight is 1800 g/mol. The van der Waals surface area contributed by atoms with Crippen molar-refractivity contribution >= 4 is 108 Å². The molecule has 12 aromatic rings. The second kappa shape index (κ2) is 38.2. The number of benzene rings is 6. The van der Waals surface area contributed by atoms with Gasteiger partial charge in [0, 0.05) is 115 Å². The lowest BCUT2D eigenvalue weighted by molar-refractivity contribution is -0.162. The maximum absolute atomic E-state index is 13.7. The van der Waals surface area contributed by atoms with Crippen LogP contribution in [0.3, 0.4) is 0 Å². The first-order valence-electron chi connectivity index (χ1n) is 36.4. The minimum Gasteiger partial charge on any atom is -0.481 e. The first-order chi connectivity index (χ1) is 57.3. The summed E-state index contributed by atoms with van der Waals surface area (Å²) in [5.41, 5.74) is 11.9. The second-order valence-electron chi connectivity index (χ2n) is 27.4. The Morgan fingerprint density at radius 2 is 0.744 bits per heavy atom. The molecule has 6 amide bonds. The molecule has 15 rings (SSSR count). The lowest BCUT2D eigenvalue weighted by Gasteiger charge is -2.29. The van der Waals surface area contributed by atoms with E-state index in [9.17, 15) is 81.9 Å². The molecule has 3 aliphatic heterocycles. The Labute approximate surface area is 695 Å². The van der Waals surface area contributed by atoms with E-state index in [0.29, 0.717) is 83.8 Å². The molecule has 3 fully saturated rings. The van der Waals surface area contributed by atoms with Crippen LogP contribution in [0.15, 0.2) is 201 Å². The summed E-state index contributed by atoms with van der Waals surface area (Å²) in [6, 6.07) is 39.6. The molecule has 39 heteroatoms. The van der Waals surface area contributed by atoms with Gasteiger partial charge >= 0.3 is 29.7 Å². The molecule has 6 aromatic heterocycles. The van der Waals surface area contributed by atoms with E-state index in [-0.39, 0.29) is 66.2 Å². The zero-order valence-corrected chi connectivity index (χ0v) is 67.4. The lowest BCUT2D eigenvalue weighted by Crippen LogP contribution is -2.46. The van der Waals surface area contributed by atoms with Gasteiger partial charge in [-0.3, -0.25) is 28.8 Å². The fraction of sp³-hybridized carbons (Fsp3) is 0.256. The van der Waals surface area contributed by atoms with E-state index in [0.717, 1.165) is 27.6 Å². The van der Waals surface area contributed by atoms with Crippen molar-refractivity contribution in [1.29, 1.82) is 0 Å². The van der Waals surface area contributed by atoms with Crippen molar-refractivity contribution in [3.63, 3.8) is 0 Å². The summed E-state index contributed by atoms with van der Waals surface area (Å²) in [6.45, 7) is 1.86. The highest BCUT2D eigenvalue weighted by Crippen LogP contribution is 2.42. The minimum absolute atomic E-state index is 0.0584. The topological polar surface area (TPSA) is 340 Å². The molecule has 3 saturated heterocycles. The monoisotopic (exact) mass is 1800 g/mol. The molecule has 0 bridgehead atoms. The van der Waals surface area contributed by atoms with E-state index in [1.807, 2.05) is 23.0 Å². The predicted octanol–water partition coefficient (Wildman–Crippen LogP) is 13.2. The number of alkyl halides is 8. The molecule has 0 saturated carbocycles. The highest BCUT2D eigenvalue weighted by Gasteiger charge is 2.48. The first kappa shape index (κ1) is 90.1. The number of methoxy groups -OCH3 is 3. The molecular formula is C82H76F11IN16O11. The number of carboxylic acid groups (broad SMARTS) is 1. The third-order valence-electron chi connectivity index (χ3n) is 18.6. The maximum atomic E-state index is 13.7. The molecule has 7 N–H and O–H groups in total. The number of hydrogen-bond acceptors (Lipinski definition) is 17. The highest BCUT2D eigenvalue weighted by molar-refractivity contribution is 14.1. The Bertz CT molecular complexity index is 5510. The van der Waals surface area contributed by atoms with Crippen LogP contribution in [-0.2, 0) is 33.6 Å². The van der Waals surface area contributed by atoms with Gasteiger partial charge in [0.05, 0.1) is 110 Å². The van der Waals surface area contributed by atoms with Crippen molar-refractivity contribution in [2.45, 2.75) is 107 Å². The Balaban J connectivity index is 0.000000170. The number of aliphatic carboxylic acids is 1. The standard InChI is InChI=1S/2C26H22F3N5O3.C13H15F2N3O3.C13H8FIN2.C3H4F2O2.CH5N/c2*1-26(28,29)25(36)32-20-13-23(35)33(24(20)15-9-10-30-22(12-15)37-2)19-7-8-21-16(11-19)14-31-34(21)18-5-3-17(27)4-6-18;1-13(14,15)12(20)17-8-6-9(19)18-11(8)7-3-4-16-10(5-7)21-2;14-10-1-4-12(5-2-10)17-13-6-3-11(15)7-9(13)8-16-17;1-3(4,5)2(6)7;1-2/h2*3-12,14,20,24H,13H2,1-2H3,(H,32,36);3-5,8,11H,6H2,1-2H3,(H,17,20)(H,18,19);1-8H;1H3,(H,6,7);2H2,1H3/t2*20-,24+;8-,11+;;;/m100.../s1. The van der Waals surface area contributed by atoms with Crippen molar-refractivity contribution in [1.82, 2.24) is 65.6 Å². The van der Waals surface area contributed by atoms with E-state index >= 15 is 0 Å². The largest absolute Gasteiger partial charge is 0.481 e. The van der Waals surface area contributed by atoms with Gasteiger partial charge in [-0.1, -0.05) is 0 Å². The van der Waals surface area contributed by atoms with Crippen LogP contribution in [0.5, 0.6) is 17.6 Å². The van der Waals surface area contributed by atoms with E-state index in [1.165, 1.54) is 96.7 Å². The van der Waals surface area contributed by atoms with Crippen LogP contribution in [-0.4, -0.2) is 161 Å². The average Bonchev–Trinajstić information content (AvgIpc) is 1.63. The number of halogens is 12. The molecule has 6 atom stereocenters. The molecule has 27 nitrogen and oxygen atoms in total. The lowest BCUT2D eigenvalue weighted by atomic mass is 10.00. The molecule has 6 aromatic carbocycles. The SMILES string of the molecule is CC(F)(F)C(=O)O.CN.COc1cc([C@@H]2[C@@H](NC(=O)C(C)(F)F)CC(=O)N2c2ccc3c(cnn3-c3ccc(F)cc3)c2)ccn1.COc1cc([C@H]2NC(=O)C[C@@H]2NC(=O)C(C)(F)F)ccn1.COc1cc([C@H]2[C@H](NC(=O)C(C)(F)F)CC(=O)N2c2ccc3c(cnn3-c3ccc(F)cc3)c2)ccn1.Fc1ccc(-n2ncc3cc(I)ccc32)cc1. The zero-order chi connectivity index (χ0) is 88.2. The van der Waals surface area contributed by atoms with Gasteiger partial charge in [-0.25, -0.2) is 47.0 Å². The van der Waals surface area contributed by atoms with Crippen LogP contribution in [0.1, 0.15) is 81.8 Å². The van der Waals surface area contributed by atoms with Crippen LogP contribution in [0.4, 0.5) is 59.7 Å². The van der Waals surface area contributed by atoms with Crippen LogP contribution in [0.25, 0.3) is 49.8 Å². The number of nitrogens with one attached hydrogen (secondary N) is 4. The molecule has 121 heavy (non-hydrogen) atoms. The molecule has 0 radical (unpaired) electrons. The number of rotatable bonds is 18. The Kier molecular flexibility index (Phi) is 28.5. The van der Waals surface area contributed by atoms with E-state index in [1.54, 1.807) is 131 Å². The van der Waals surface area contributed by atoms with Crippen molar-refractivity contribution in [3.05, 3.63) is 239 Å². The zero-order valence-electron chi connectivity index (χ0n) is 65.2. The molecule has 634 valence electrons. The number of ether oxygens (including phenoxy) is 3. The maximum Gasteiger partial charge on any atom is 0.374 e. The quantitative estimate of drug-likeness (QED) is 0.0343. The smallest absolute Gasteiger partial charge is 0.374 e. The van der Waals surface area contributed by atoms with E-state index < -0.39 is 83.6 Å². The van der Waals surface area contributed by atoms with Crippen molar-refractivity contribution in [3.8, 4) is 34.7 Å². The van der Waals surface area contributed by atoms with Gasteiger partial charge in [0.2, 0.25) is 35.4 Å². The normalized spacial score (nSPS) is 17.0. The van der Waals surface area contributed by atoms with Gasteiger partial charge in [-0.15, -0.1) is 0 Å². The summed E-state index contributed by atoms with van der Waals surface area (Å²) in [4.78, 5) is 98.0. The van der Waals surface area contributed by atoms with Crippen molar-refractivity contribution < 1.29 is 101 Å². The number of carboxylic acids is 1. The van der Waals surface area contributed by atoms with Crippen LogP contribution < -0.4 is 51.0 Å². The van der Waals surface area contributed by atoms with Gasteiger partial charge in [-0.2, -0.15) is 50.4 Å². The highest BCUT2D eigenvalue weighted by atomic mass is 127. The summed E-state index contributed by atoms with van der Waals surface area (Å²) in [5.74, 6) is -21.8. The number of fused-ring (bicyclic) bond motifs is 3. The summed E-state index contributed by atoms with van der Waals surface area (Å²) in [6.07, 6.45) is 9.09. The van der Waals surface area contributed by atoms with Gasteiger partial charge in [0.15, 0.2) is 0 Å². The summed E-state index contributed by atoms with van der Waals surface area (Å²) in [7, 11) is 5.82. The summed E-state index contributed by atoms with van der Waals surface area (Å²) >= 11 is 2.27. The Morgan fingerprint density at radius 3 is 1.07 bits per heavy atom. The van der Waals surface area contributed by atoms with E-state index in [4.69, 9.17) is 19.3 Å². The second-order valence-corrected chi connectivity index (χ2v) is 28.6. The van der Waals surface area contributed by atoms with Gasteiger partial charge in [0.25, 0.3) is 17.7 Å². The number of nitrogens with two attached hydrogens (primary N) is 1. The van der Waals surface area contributed by atoms with Crippen LogP contribution >= 0.6 is 22.6 Å². The summed E-state index contributed by atoms with van der Waals surface area (Å²) < 4.78 is 164. The predicted molar refractivity (Wildman–Crippen MR) is 429 cm³/mol. The number of amides is 6. The number of carbonyl (C=O) groups is 7. The van der Waals surface area contributed by atoms with Gasteiger partial charge in [0.1, 0.15) is 17.5 Å². The number of nitrogens with zero attached hydrogens (tertiary/aromatic N) is 11. The molecule has 0 spiro atoms. The van der Waals surface area contributed by atoms with Crippen molar-refractivity contribution in [2.24, 2.45) is 5.73 Å². The Hall–Kier alpha value is -13.2. The van der Waals surface area contributed by atoms with Gasteiger partial charge in [-0.05, 0) is 192 Å². The fourth-order valence-corrected chi connectivity index (χ4v) is 13.5. The van der Waals surface area contributed by atoms with Crippen LogP contribution in [0, 0.1) is 21.0 Å². The fourth-order valence-electron chi connectivity index (χ4n) is 13.0. The molecular weight excluding hydrogens is 1720 g/mol. The molecule has 9 heterocycles. The first-order valence-corrected chi connectivity index (χ1v) is 37.4. The van der Waals surface area contributed by atoms with E-state index in [2.05, 4.69) is 85.9 Å².